The summed E-state index contributed by atoms with van der Waals surface area (Å²) in [7, 11) is 1.55. The van der Waals surface area contributed by atoms with E-state index in [9.17, 15) is 20.1 Å². The molecule has 2 heterocycles. The van der Waals surface area contributed by atoms with Gasteiger partial charge in [0.15, 0.2) is 0 Å². The lowest BCUT2D eigenvalue weighted by atomic mass is 9.55. The number of carbonyl (C=O) groups is 1. The molecule has 55 heavy (non-hydrogen) atoms. The molecule has 3 aliphatic carbocycles. The quantitative estimate of drug-likeness (QED) is 0.0800. The van der Waals surface area contributed by atoms with Gasteiger partial charge in [0.25, 0.3) is 0 Å². The smallest absolute Gasteiger partial charge is 0.239 e. The summed E-state index contributed by atoms with van der Waals surface area (Å²) >= 11 is 0. The van der Waals surface area contributed by atoms with Crippen molar-refractivity contribution in [1.29, 1.82) is 0 Å². The van der Waals surface area contributed by atoms with Gasteiger partial charge in [-0.15, -0.1) is 6.58 Å². The second-order valence-electron chi connectivity index (χ2n) is 15.2. The molecular weight excluding hydrogens is 702 g/mol. The predicted molar refractivity (Wildman–Crippen MR) is 208 cm³/mol. The van der Waals surface area contributed by atoms with Crippen LogP contribution in [0.1, 0.15) is 80.7 Å². The van der Waals surface area contributed by atoms with Crippen molar-refractivity contribution in [2.75, 3.05) is 53.3 Å². The van der Waals surface area contributed by atoms with Crippen LogP contribution in [0.2, 0.25) is 0 Å². The van der Waals surface area contributed by atoms with Gasteiger partial charge in [-0.05, 0) is 93.2 Å². The van der Waals surface area contributed by atoms with Crippen molar-refractivity contribution in [3.8, 4) is 11.5 Å². The molecule has 1 amide bonds. The fourth-order valence-electron chi connectivity index (χ4n) is 9.00. The minimum Gasteiger partial charge on any atom is -0.487 e. The van der Waals surface area contributed by atoms with Crippen LogP contribution in [0, 0.1) is 30.6 Å². The molecule has 2 saturated carbocycles. The minimum atomic E-state index is -1.33. The Labute approximate surface area is 325 Å². The molecule has 3 N–H and O–H groups in total. The first-order valence-corrected chi connectivity index (χ1v) is 20.0. The molecule has 2 aromatic rings. The van der Waals surface area contributed by atoms with Crippen molar-refractivity contribution in [3.63, 3.8) is 0 Å². The number of amides is 1. The second-order valence-corrected chi connectivity index (χ2v) is 15.2. The number of aromatic nitrogens is 1. The van der Waals surface area contributed by atoms with Crippen molar-refractivity contribution in [1.82, 2.24) is 9.88 Å². The Bertz CT molecular complexity index is 1660. The Kier molecular flexibility index (Phi) is 14.4. The van der Waals surface area contributed by atoms with Crippen molar-refractivity contribution in [2.24, 2.45) is 28.8 Å². The fourth-order valence-corrected chi connectivity index (χ4v) is 9.00. The lowest BCUT2D eigenvalue weighted by Gasteiger charge is -2.60. The first kappa shape index (κ1) is 40.8. The third-order valence-corrected chi connectivity index (χ3v) is 11.5. The molecule has 6 unspecified atom stereocenters. The second kappa shape index (κ2) is 19.4. The molecule has 0 radical (unpaired) electrons. The largest absolute Gasteiger partial charge is 0.487 e. The van der Waals surface area contributed by atoms with Crippen LogP contribution in [0.25, 0.3) is 0 Å². The first-order chi connectivity index (χ1) is 26.9. The standard InChI is InChI=1S/C43H59N3O9/c1-4-22-54-43-39(46(18-23-52-24-21-49)42(50)30-14-15-30)27-37(45-51-3)35-25-31(11-5-7-19-47)34(13-6-8-20-48)40(41(35)43)36-26-33(16-17-38(36)55-43)53-28-32-12-9-10-29(2)44-32/h4,9-10,12,16-17,25-26,30-31,34,39-41,47-49H,1,5-8,11,13-15,18-24,27-28H2,2-3H3. The normalized spacial score (nSPS) is 26.0. The highest BCUT2D eigenvalue weighted by Gasteiger charge is 2.65. The van der Waals surface area contributed by atoms with Gasteiger partial charge in [0.05, 0.1) is 43.8 Å². The van der Waals surface area contributed by atoms with E-state index >= 15 is 0 Å². The summed E-state index contributed by atoms with van der Waals surface area (Å²) < 4.78 is 26.4. The summed E-state index contributed by atoms with van der Waals surface area (Å²) in [6.45, 7) is 7.28. The number of rotatable bonds is 22. The summed E-state index contributed by atoms with van der Waals surface area (Å²) in [6, 6.07) is 11.3. The van der Waals surface area contributed by atoms with Crippen molar-refractivity contribution in [2.45, 2.75) is 89.1 Å². The number of carbonyl (C=O) groups excluding carboxylic acids is 1. The van der Waals surface area contributed by atoms with Gasteiger partial charge in [-0.25, -0.2) is 0 Å². The Morgan fingerprint density at radius 1 is 1.07 bits per heavy atom. The monoisotopic (exact) mass is 761 g/mol. The van der Waals surface area contributed by atoms with Crippen LogP contribution < -0.4 is 9.47 Å². The maximum absolute atomic E-state index is 14.3. The number of nitrogens with zero attached hydrogens (tertiary/aromatic N) is 3. The van der Waals surface area contributed by atoms with Crippen molar-refractivity contribution < 1.29 is 43.9 Å². The van der Waals surface area contributed by atoms with Crippen LogP contribution >= 0.6 is 0 Å². The van der Waals surface area contributed by atoms with Gasteiger partial charge in [-0.1, -0.05) is 36.2 Å². The third-order valence-electron chi connectivity index (χ3n) is 11.5. The number of fused-ring (bicyclic) bond motifs is 2. The molecule has 0 saturated heterocycles. The molecule has 1 aromatic carbocycles. The van der Waals surface area contributed by atoms with Gasteiger partial charge in [0.1, 0.15) is 31.3 Å². The van der Waals surface area contributed by atoms with Gasteiger partial charge in [0.2, 0.25) is 11.7 Å². The summed E-state index contributed by atoms with van der Waals surface area (Å²) in [5, 5.41) is 33.8. The van der Waals surface area contributed by atoms with E-state index in [4.69, 9.17) is 23.8 Å². The van der Waals surface area contributed by atoms with E-state index in [-0.39, 0.29) is 75.8 Å². The van der Waals surface area contributed by atoms with E-state index in [0.717, 1.165) is 66.8 Å². The van der Waals surface area contributed by atoms with E-state index < -0.39 is 17.7 Å². The highest BCUT2D eigenvalue weighted by molar-refractivity contribution is 6.03. The topological polar surface area (TPSA) is 152 Å². The van der Waals surface area contributed by atoms with E-state index in [1.807, 2.05) is 42.2 Å². The number of unbranched alkanes of at least 4 members (excludes halogenated alkanes) is 2. The Balaban J connectivity index is 1.52. The van der Waals surface area contributed by atoms with E-state index in [1.165, 1.54) is 0 Å². The lowest BCUT2D eigenvalue weighted by molar-refractivity contribution is -0.258. The molecule has 2 fully saturated rings. The maximum Gasteiger partial charge on any atom is 0.239 e. The third kappa shape index (κ3) is 9.26. The first-order valence-electron chi connectivity index (χ1n) is 20.0. The van der Waals surface area contributed by atoms with Crippen LogP contribution in [0.3, 0.4) is 0 Å². The molecule has 4 aliphatic rings. The molecule has 1 aromatic heterocycles. The van der Waals surface area contributed by atoms with Crippen LogP contribution in [0.15, 0.2) is 65.9 Å². The number of hydrogen-bond acceptors (Lipinski definition) is 11. The lowest BCUT2D eigenvalue weighted by Crippen LogP contribution is -2.70. The number of allylic oxidation sites excluding steroid dienone is 1. The van der Waals surface area contributed by atoms with Crippen LogP contribution in [0.5, 0.6) is 11.5 Å². The molecule has 12 nitrogen and oxygen atoms in total. The number of benzene rings is 1. The highest BCUT2D eigenvalue weighted by Crippen LogP contribution is 2.62. The molecule has 300 valence electrons. The van der Waals surface area contributed by atoms with E-state index in [1.54, 1.807) is 13.2 Å². The van der Waals surface area contributed by atoms with E-state index in [0.29, 0.717) is 37.4 Å². The number of hydrogen-bond donors (Lipinski definition) is 3. The molecule has 0 bridgehead atoms. The number of aliphatic hydroxyl groups excluding tert-OH is 3. The molecule has 12 heteroatoms. The summed E-state index contributed by atoms with van der Waals surface area (Å²) in [5.74, 6) is -0.353. The average Bonchev–Trinajstić information content (AvgIpc) is 4.04. The van der Waals surface area contributed by atoms with Gasteiger partial charge in [0, 0.05) is 49.3 Å². The molecular formula is C43H59N3O9. The molecule has 0 spiro atoms. The summed E-state index contributed by atoms with van der Waals surface area (Å²) in [6.07, 6.45) is 10.8. The molecule has 6 atom stereocenters. The van der Waals surface area contributed by atoms with Crippen LogP contribution in [0.4, 0.5) is 0 Å². The van der Waals surface area contributed by atoms with Crippen molar-refractivity contribution in [3.05, 3.63) is 77.7 Å². The number of aryl methyl sites for hydroxylation is 1. The Morgan fingerprint density at radius 2 is 1.87 bits per heavy atom. The van der Waals surface area contributed by atoms with Gasteiger partial charge < -0.3 is 44.0 Å². The van der Waals surface area contributed by atoms with Crippen molar-refractivity contribution >= 4 is 11.6 Å². The van der Waals surface area contributed by atoms with Gasteiger partial charge >= 0.3 is 0 Å². The Morgan fingerprint density at radius 3 is 2.58 bits per heavy atom. The van der Waals surface area contributed by atoms with Crippen LogP contribution in [-0.4, -0.2) is 102 Å². The highest BCUT2D eigenvalue weighted by atomic mass is 16.7. The Hall–Kier alpha value is -3.81. The molecule has 1 aliphatic heterocycles. The van der Waals surface area contributed by atoms with Crippen LogP contribution in [-0.2, 0) is 25.7 Å². The summed E-state index contributed by atoms with van der Waals surface area (Å²) in [5.41, 5.74) is 4.48. The zero-order valence-electron chi connectivity index (χ0n) is 32.4. The number of aliphatic hydroxyl groups is 3. The number of ether oxygens (including phenoxy) is 4. The zero-order chi connectivity index (χ0) is 38.8. The zero-order valence-corrected chi connectivity index (χ0v) is 32.4. The minimum absolute atomic E-state index is 0.0278. The number of pyridine rings is 1. The molecule has 6 rings (SSSR count). The predicted octanol–water partition coefficient (Wildman–Crippen LogP) is 5.48. The average molecular weight is 762 g/mol. The summed E-state index contributed by atoms with van der Waals surface area (Å²) in [4.78, 5) is 26.4. The van der Waals surface area contributed by atoms with E-state index in [2.05, 4.69) is 28.9 Å². The fraction of sp³-hybridized carbons (Fsp3) is 0.605. The SMILES string of the molecule is C=CCOC12Oc3ccc(OCc4cccc(C)n4)cc3C3C(CCCCO)C(CCCCO)C=C(C(=NOC)CC1N(CCOCCO)C(=O)C1CC1)C32. The van der Waals surface area contributed by atoms with Gasteiger partial charge in [-0.2, -0.15) is 0 Å². The number of oxime groups is 1. The maximum atomic E-state index is 14.3. The van der Waals surface area contributed by atoms with Gasteiger partial charge in [-0.3, -0.25) is 9.78 Å².